The van der Waals surface area contributed by atoms with Gasteiger partial charge in [-0.2, -0.15) is 0 Å². The summed E-state index contributed by atoms with van der Waals surface area (Å²) in [5.41, 5.74) is 0. The van der Waals surface area contributed by atoms with Gasteiger partial charge < -0.3 is 10.6 Å². The van der Waals surface area contributed by atoms with Crippen molar-refractivity contribution in [3.8, 4) is 0 Å². The van der Waals surface area contributed by atoms with E-state index in [1.54, 1.807) is 0 Å². The second kappa shape index (κ2) is 1.71. The lowest BCUT2D eigenvalue weighted by Gasteiger charge is -2.03. The van der Waals surface area contributed by atoms with Gasteiger partial charge >= 0.3 is 0 Å². The number of nitrogens with one attached hydrogen (secondary N) is 2. The zero-order chi connectivity index (χ0) is 5.40. The third kappa shape index (κ3) is 0.565. The van der Waals surface area contributed by atoms with E-state index in [4.69, 9.17) is 0 Å². The lowest BCUT2D eigenvalue weighted by molar-refractivity contribution is 0.555. The standard InChI is InChI=1S/C6H12N2/c1-2-8-6-4-7-3-5(1)6/h5-8H,1-4H2/t5-,6+/m0/s1. The predicted molar refractivity (Wildman–Crippen MR) is 32.8 cm³/mol. The molecule has 0 aromatic rings. The summed E-state index contributed by atoms with van der Waals surface area (Å²) in [6.07, 6.45) is 1.39. The van der Waals surface area contributed by atoms with Crippen LogP contribution in [-0.4, -0.2) is 25.7 Å². The average Bonchev–Trinajstić information content (AvgIpc) is 2.15. The Labute approximate surface area is 49.7 Å². The molecule has 2 nitrogen and oxygen atoms in total. The van der Waals surface area contributed by atoms with Crippen LogP contribution in [-0.2, 0) is 0 Å². The molecule has 0 aromatic carbocycles. The van der Waals surface area contributed by atoms with E-state index in [1.165, 1.54) is 26.1 Å². The van der Waals surface area contributed by atoms with E-state index in [0.717, 1.165) is 12.0 Å². The van der Waals surface area contributed by atoms with Crippen LogP contribution in [0.15, 0.2) is 0 Å². The van der Waals surface area contributed by atoms with Gasteiger partial charge in [-0.25, -0.2) is 0 Å². The summed E-state index contributed by atoms with van der Waals surface area (Å²) in [5, 5.41) is 6.82. The van der Waals surface area contributed by atoms with Crippen molar-refractivity contribution >= 4 is 0 Å². The summed E-state index contributed by atoms with van der Waals surface area (Å²) < 4.78 is 0. The average molecular weight is 112 g/mol. The minimum atomic E-state index is 0.815. The molecule has 46 valence electrons. The van der Waals surface area contributed by atoms with E-state index >= 15 is 0 Å². The molecule has 2 fully saturated rings. The Morgan fingerprint density at radius 2 is 2.25 bits per heavy atom. The van der Waals surface area contributed by atoms with Crippen LogP contribution in [0, 0.1) is 5.92 Å². The normalized spacial score (nSPS) is 45.0. The molecule has 0 aromatic heterocycles. The van der Waals surface area contributed by atoms with Gasteiger partial charge in [0.2, 0.25) is 0 Å². The Hall–Kier alpha value is -0.0800. The van der Waals surface area contributed by atoms with Crippen molar-refractivity contribution in [1.29, 1.82) is 0 Å². The van der Waals surface area contributed by atoms with Crippen LogP contribution >= 0.6 is 0 Å². The van der Waals surface area contributed by atoms with Gasteiger partial charge in [0, 0.05) is 12.6 Å². The van der Waals surface area contributed by atoms with E-state index in [9.17, 15) is 0 Å². The molecule has 0 bridgehead atoms. The van der Waals surface area contributed by atoms with Crippen LogP contribution < -0.4 is 10.6 Å². The van der Waals surface area contributed by atoms with Gasteiger partial charge in [-0.1, -0.05) is 0 Å². The Bertz CT molecular complexity index is 72.5. The SMILES string of the molecule is C1C[C@H]2CNC[C@H]2N1. The first-order valence-corrected chi connectivity index (χ1v) is 3.41. The molecule has 0 amide bonds. The highest BCUT2D eigenvalue weighted by molar-refractivity contribution is 4.91. The summed E-state index contributed by atoms with van der Waals surface area (Å²) in [6.45, 7) is 3.69. The zero-order valence-electron chi connectivity index (χ0n) is 4.98. The van der Waals surface area contributed by atoms with Gasteiger partial charge in [0.25, 0.3) is 0 Å². The van der Waals surface area contributed by atoms with Crippen molar-refractivity contribution in [3.63, 3.8) is 0 Å². The molecule has 2 heterocycles. The Balaban J connectivity index is 2.04. The van der Waals surface area contributed by atoms with Gasteiger partial charge in [0.05, 0.1) is 0 Å². The summed E-state index contributed by atoms with van der Waals surface area (Å²) in [6, 6.07) is 0.815. The first kappa shape index (κ1) is 4.77. The minimum Gasteiger partial charge on any atom is -0.315 e. The number of hydrogen-bond acceptors (Lipinski definition) is 2. The van der Waals surface area contributed by atoms with Gasteiger partial charge in [-0.05, 0) is 25.4 Å². The molecule has 2 aliphatic rings. The fourth-order valence-electron chi connectivity index (χ4n) is 1.73. The van der Waals surface area contributed by atoms with Gasteiger partial charge in [-0.3, -0.25) is 0 Å². The third-order valence-corrected chi connectivity index (χ3v) is 2.26. The van der Waals surface area contributed by atoms with Crippen LogP contribution in [0.2, 0.25) is 0 Å². The molecule has 0 radical (unpaired) electrons. The molecular weight excluding hydrogens is 100 g/mol. The van der Waals surface area contributed by atoms with Crippen LogP contribution in [0.3, 0.4) is 0 Å². The van der Waals surface area contributed by atoms with Crippen molar-refractivity contribution in [2.75, 3.05) is 19.6 Å². The third-order valence-electron chi connectivity index (χ3n) is 2.26. The van der Waals surface area contributed by atoms with Crippen molar-refractivity contribution < 1.29 is 0 Å². The molecule has 8 heavy (non-hydrogen) atoms. The second-order valence-corrected chi connectivity index (χ2v) is 2.77. The summed E-state index contributed by atoms with van der Waals surface area (Å²) in [5.74, 6) is 0.954. The molecule has 2 heteroatoms. The molecule has 2 N–H and O–H groups in total. The summed E-state index contributed by atoms with van der Waals surface area (Å²) in [4.78, 5) is 0. The molecule has 0 aliphatic carbocycles. The molecule has 0 saturated carbocycles. The molecule has 2 atom stereocenters. The van der Waals surface area contributed by atoms with E-state index in [2.05, 4.69) is 10.6 Å². The van der Waals surface area contributed by atoms with Crippen LogP contribution in [0.25, 0.3) is 0 Å². The summed E-state index contributed by atoms with van der Waals surface area (Å²) >= 11 is 0. The van der Waals surface area contributed by atoms with Crippen LogP contribution in [0.5, 0.6) is 0 Å². The Morgan fingerprint density at radius 3 is 3.12 bits per heavy atom. The monoisotopic (exact) mass is 112 g/mol. The fraction of sp³-hybridized carbons (Fsp3) is 1.00. The van der Waals surface area contributed by atoms with Gasteiger partial charge in [0.15, 0.2) is 0 Å². The largest absolute Gasteiger partial charge is 0.315 e. The van der Waals surface area contributed by atoms with Gasteiger partial charge in [0.1, 0.15) is 0 Å². The molecule has 0 spiro atoms. The summed E-state index contributed by atoms with van der Waals surface area (Å²) in [7, 11) is 0. The van der Waals surface area contributed by atoms with Crippen molar-refractivity contribution in [3.05, 3.63) is 0 Å². The molecule has 0 unspecified atom stereocenters. The maximum atomic E-state index is 3.46. The van der Waals surface area contributed by atoms with Crippen molar-refractivity contribution in [2.24, 2.45) is 5.92 Å². The molecular formula is C6H12N2. The predicted octanol–water partition coefficient (Wildman–Crippen LogP) is -0.432. The lowest BCUT2D eigenvalue weighted by Crippen LogP contribution is -2.27. The quantitative estimate of drug-likeness (QED) is 0.444. The van der Waals surface area contributed by atoms with E-state index in [0.29, 0.717) is 0 Å². The molecule has 2 saturated heterocycles. The first-order chi connectivity index (χ1) is 3.97. The van der Waals surface area contributed by atoms with Crippen LogP contribution in [0.1, 0.15) is 6.42 Å². The lowest BCUT2D eigenvalue weighted by atomic mass is 10.1. The topological polar surface area (TPSA) is 24.1 Å². The highest BCUT2D eigenvalue weighted by Crippen LogP contribution is 2.17. The van der Waals surface area contributed by atoms with E-state index in [-0.39, 0.29) is 0 Å². The molecule has 2 aliphatic heterocycles. The second-order valence-electron chi connectivity index (χ2n) is 2.77. The number of fused-ring (bicyclic) bond motifs is 1. The smallest absolute Gasteiger partial charge is 0.0233 e. The Kier molecular flexibility index (Phi) is 1.02. The maximum Gasteiger partial charge on any atom is 0.0233 e. The first-order valence-electron chi connectivity index (χ1n) is 3.41. The van der Waals surface area contributed by atoms with E-state index in [1.807, 2.05) is 0 Å². The highest BCUT2D eigenvalue weighted by atomic mass is 15.1. The van der Waals surface area contributed by atoms with Crippen LogP contribution in [0.4, 0.5) is 0 Å². The Morgan fingerprint density at radius 1 is 1.25 bits per heavy atom. The van der Waals surface area contributed by atoms with Gasteiger partial charge in [-0.15, -0.1) is 0 Å². The highest BCUT2D eigenvalue weighted by Gasteiger charge is 2.30. The maximum absolute atomic E-state index is 3.46. The zero-order valence-corrected chi connectivity index (χ0v) is 4.98. The fourth-order valence-corrected chi connectivity index (χ4v) is 1.73. The van der Waals surface area contributed by atoms with Crippen molar-refractivity contribution in [2.45, 2.75) is 12.5 Å². The minimum absolute atomic E-state index is 0.815. The molecule has 2 rings (SSSR count). The van der Waals surface area contributed by atoms with E-state index < -0.39 is 0 Å². The number of hydrogen-bond donors (Lipinski definition) is 2. The van der Waals surface area contributed by atoms with Crippen molar-refractivity contribution in [1.82, 2.24) is 10.6 Å². The number of rotatable bonds is 0.